The van der Waals surface area contributed by atoms with E-state index in [0.29, 0.717) is 25.4 Å². The van der Waals surface area contributed by atoms with Gasteiger partial charge >= 0.3 is 0 Å². The molecule has 0 spiro atoms. The van der Waals surface area contributed by atoms with Crippen molar-refractivity contribution in [2.45, 2.75) is 19.4 Å². The molecule has 106 valence electrons. The lowest BCUT2D eigenvalue weighted by atomic mass is 10.1. The Bertz CT molecular complexity index is 396. The van der Waals surface area contributed by atoms with Crippen LogP contribution in [0.4, 0.5) is 0 Å². The van der Waals surface area contributed by atoms with Gasteiger partial charge in [0.1, 0.15) is 5.75 Å². The predicted molar refractivity (Wildman–Crippen MR) is 74.2 cm³/mol. The van der Waals surface area contributed by atoms with E-state index in [1.54, 1.807) is 14.0 Å². The molecule has 0 heterocycles. The Balaban J connectivity index is 2.55. The molecule has 5 nitrogen and oxygen atoms in total. The highest BCUT2D eigenvalue weighted by Gasteiger charge is 2.15. The summed E-state index contributed by atoms with van der Waals surface area (Å²) in [6, 6.07) is 7.62. The molecule has 0 bridgehead atoms. The highest BCUT2D eigenvalue weighted by molar-refractivity contribution is 5.80. The third-order valence-electron chi connectivity index (χ3n) is 2.66. The van der Waals surface area contributed by atoms with Gasteiger partial charge < -0.3 is 20.5 Å². The molecular formula is C14H22N2O3. The van der Waals surface area contributed by atoms with Gasteiger partial charge in [0.05, 0.1) is 6.61 Å². The zero-order valence-electron chi connectivity index (χ0n) is 11.5. The molecule has 0 fully saturated rings. The standard InChI is InChI=1S/C14H22N2O3/c1-11(14(17)16-9-10-18-2)19-13-6-4-3-5-12(13)7-8-15/h3-6,11H,7-10,15H2,1-2H3,(H,16,17). The van der Waals surface area contributed by atoms with Gasteiger partial charge in [-0.15, -0.1) is 0 Å². The van der Waals surface area contributed by atoms with Gasteiger partial charge in [0.25, 0.3) is 5.91 Å². The molecule has 3 N–H and O–H groups in total. The largest absolute Gasteiger partial charge is 0.481 e. The fraction of sp³-hybridized carbons (Fsp3) is 0.500. The normalized spacial score (nSPS) is 11.9. The first-order valence-corrected chi connectivity index (χ1v) is 6.40. The molecule has 0 saturated carbocycles. The molecule has 19 heavy (non-hydrogen) atoms. The van der Waals surface area contributed by atoms with Crippen LogP contribution in [0.25, 0.3) is 0 Å². The summed E-state index contributed by atoms with van der Waals surface area (Å²) in [7, 11) is 1.59. The first kappa shape index (κ1) is 15.5. The van der Waals surface area contributed by atoms with E-state index < -0.39 is 6.10 Å². The highest BCUT2D eigenvalue weighted by atomic mass is 16.5. The van der Waals surface area contributed by atoms with Crippen molar-refractivity contribution in [3.8, 4) is 5.75 Å². The number of carbonyl (C=O) groups is 1. The van der Waals surface area contributed by atoms with E-state index in [1.165, 1.54) is 0 Å². The number of para-hydroxylation sites is 1. The summed E-state index contributed by atoms with van der Waals surface area (Å²) in [6.45, 7) is 3.24. The lowest BCUT2D eigenvalue weighted by molar-refractivity contribution is -0.127. The smallest absolute Gasteiger partial charge is 0.260 e. The number of nitrogens with one attached hydrogen (secondary N) is 1. The fourth-order valence-electron chi connectivity index (χ4n) is 1.64. The van der Waals surface area contributed by atoms with Crippen LogP contribution in [0.2, 0.25) is 0 Å². The molecule has 0 aromatic heterocycles. The third-order valence-corrected chi connectivity index (χ3v) is 2.66. The van der Waals surface area contributed by atoms with Crippen molar-refractivity contribution >= 4 is 5.91 Å². The van der Waals surface area contributed by atoms with Crippen molar-refractivity contribution in [2.75, 3.05) is 26.8 Å². The second-order valence-electron chi connectivity index (χ2n) is 4.19. The van der Waals surface area contributed by atoms with Gasteiger partial charge in [0.15, 0.2) is 6.10 Å². The first-order chi connectivity index (χ1) is 9.19. The third kappa shape index (κ3) is 5.28. The summed E-state index contributed by atoms with van der Waals surface area (Å²) in [6.07, 6.45) is 0.185. The number of carbonyl (C=O) groups excluding carboxylic acids is 1. The molecular weight excluding hydrogens is 244 g/mol. The van der Waals surface area contributed by atoms with E-state index in [4.69, 9.17) is 15.2 Å². The summed E-state index contributed by atoms with van der Waals surface area (Å²) >= 11 is 0. The Kier molecular flexibility index (Phi) is 6.92. The topological polar surface area (TPSA) is 73.6 Å². The Morgan fingerprint density at radius 2 is 2.16 bits per heavy atom. The number of rotatable bonds is 8. The first-order valence-electron chi connectivity index (χ1n) is 6.40. The number of hydrogen-bond donors (Lipinski definition) is 2. The van der Waals surface area contributed by atoms with Crippen molar-refractivity contribution in [2.24, 2.45) is 5.73 Å². The van der Waals surface area contributed by atoms with Crippen LogP contribution in [0.5, 0.6) is 5.75 Å². The maximum atomic E-state index is 11.8. The average Bonchev–Trinajstić information content (AvgIpc) is 2.41. The Morgan fingerprint density at radius 3 is 2.84 bits per heavy atom. The van der Waals surface area contributed by atoms with Gasteiger partial charge in [-0.05, 0) is 31.5 Å². The fourth-order valence-corrected chi connectivity index (χ4v) is 1.64. The molecule has 0 aliphatic carbocycles. The van der Waals surface area contributed by atoms with Crippen LogP contribution >= 0.6 is 0 Å². The molecule has 0 aliphatic heterocycles. The molecule has 0 saturated heterocycles. The van der Waals surface area contributed by atoms with Crippen LogP contribution in [0.1, 0.15) is 12.5 Å². The van der Waals surface area contributed by atoms with Gasteiger partial charge in [-0.1, -0.05) is 18.2 Å². The monoisotopic (exact) mass is 266 g/mol. The molecule has 1 amide bonds. The zero-order chi connectivity index (χ0) is 14.1. The lowest BCUT2D eigenvalue weighted by Gasteiger charge is -2.17. The van der Waals surface area contributed by atoms with E-state index in [1.807, 2.05) is 24.3 Å². The lowest BCUT2D eigenvalue weighted by Crippen LogP contribution is -2.38. The number of hydrogen-bond acceptors (Lipinski definition) is 4. The summed E-state index contributed by atoms with van der Waals surface area (Å²) in [4.78, 5) is 11.8. The van der Waals surface area contributed by atoms with E-state index in [-0.39, 0.29) is 5.91 Å². The summed E-state index contributed by atoms with van der Waals surface area (Å²) in [5.74, 6) is 0.557. The summed E-state index contributed by atoms with van der Waals surface area (Å²) in [5, 5.41) is 2.74. The van der Waals surface area contributed by atoms with Gasteiger partial charge in [0, 0.05) is 13.7 Å². The quantitative estimate of drug-likeness (QED) is 0.680. The van der Waals surface area contributed by atoms with Crippen molar-refractivity contribution < 1.29 is 14.3 Å². The SMILES string of the molecule is COCCNC(=O)C(C)Oc1ccccc1CCN. The number of nitrogens with two attached hydrogens (primary N) is 1. The minimum atomic E-state index is -0.546. The predicted octanol–water partition coefficient (Wildman–Crippen LogP) is 0.718. The number of methoxy groups -OCH3 is 1. The number of ether oxygens (including phenoxy) is 2. The van der Waals surface area contributed by atoms with E-state index in [0.717, 1.165) is 12.0 Å². The number of amides is 1. The molecule has 1 aromatic rings. The van der Waals surface area contributed by atoms with Crippen LogP contribution < -0.4 is 15.8 Å². The van der Waals surface area contributed by atoms with Crippen molar-refractivity contribution in [1.82, 2.24) is 5.32 Å². The van der Waals surface area contributed by atoms with Crippen molar-refractivity contribution in [3.05, 3.63) is 29.8 Å². The molecule has 1 unspecified atom stereocenters. The van der Waals surface area contributed by atoms with Crippen LogP contribution in [0.3, 0.4) is 0 Å². The molecule has 0 radical (unpaired) electrons. The van der Waals surface area contributed by atoms with Crippen molar-refractivity contribution in [3.63, 3.8) is 0 Å². The van der Waals surface area contributed by atoms with E-state index >= 15 is 0 Å². The molecule has 5 heteroatoms. The zero-order valence-corrected chi connectivity index (χ0v) is 11.5. The van der Waals surface area contributed by atoms with Crippen molar-refractivity contribution in [1.29, 1.82) is 0 Å². The highest BCUT2D eigenvalue weighted by Crippen LogP contribution is 2.19. The van der Waals surface area contributed by atoms with Crippen LogP contribution in [-0.2, 0) is 16.0 Å². The van der Waals surface area contributed by atoms with Gasteiger partial charge in [-0.3, -0.25) is 4.79 Å². The Labute approximate surface area is 114 Å². The minimum Gasteiger partial charge on any atom is -0.481 e. The number of benzene rings is 1. The Hall–Kier alpha value is -1.59. The maximum absolute atomic E-state index is 11.8. The maximum Gasteiger partial charge on any atom is 0.260 e. The second kappa shape index (κ2) is 8.50. The average molecular weight is 266 g/mol. The summed E-state index contributed by atoms with van der Waals surface area (Å²) < 4.78 is 10.6. The Morgan fingerprint density at radius 1 is 1.42 bits per heavy atom. The van der Waals surface area contributed by atoms with Crippen LogP contribution in [-0.4, -0.2) is 38.8 Å². The van der Waals surface area contributed by atoms with E-state index in [2.05, 4.69) is 5.32 Å². The molecule has 1 atom stereocenters. The van der Waals surface area contributed by atoms with Gasteiger partial charge in [-0.25, -0.2) is 0 Å². The molecule has 1 aromatic carbocycles. The van der Waals surface area contributed by atoms with Gasteiger partial charge in [-0.2, -0.15) is 0 Å². The van der Waals surface area contributed by atoms with Gasteiger partial charge in [0.2, 0.25) is 0 Å². The summed E-state index contributed by atoms with van der Waals surface area (Å²) in [5.41, 5.74) is 6.57. The molecule has 0 aliphatic rings. The second-order valence-corrected chi connectivity index (χ2v) is 4.19. The van der Waals surface area contributed by atoms with E-state index in [9.17, 15) is 4.79 Å². The minimum absolute atomic E-state index is 0.153. The molecule has 1 rings (SSSR count). The van der Waals surface area contributed by atoms with Crippen LogP contribution in [0, 0.1) is 0 Å². The van der Waals surface area contributed by atoms with Crippen LogP contribution in [0.15, 0.2) is 24.3 Å².